The fraction of sp³-hybridized carbons (Fsp3) is 0.235. The Labute approximate surface area is 132 Å². The predicted molar refractivity (Wildman–Crippen MR) is 91.8 cm³/mol. The second kappa shape index (κ2) is 5.50. The Morgan fingerprint density at radius 3 is 3.05 bits per heavy atom. The van der Waals surface area contributed by atoms with Crippen LogP contribution in [0.1, 0.15) is 28.0 Å². The highest BCUT2D eigenvalue weighted by Crippen LogP contribution is 2.38. The molecule has 110 valence electrons. The van der Waals surface area contributed by atoms with Gasteiger partial charge in [0, 0.05) is 4.88 Å². The summed E-state index contributed by atoms with van der Waals surface area (Å²) in [5.41, 5.74) is 6.83. The summed E-state index contributed by atoms with van der Waals surface area (Å²) < 4.78 is 0. The van der Waals surface area contributed by atoms with Gasteiger partial charge in [0.25, 0.3) is 0 Å². The van der Waals surface area contributed by atoms with Crippen LogP contribution < -0.4 is 5.43 Å². The summed E-state index contributed by atoms with van der Waals surface area (Å²) in [5, 5.41) is 5.52. The number of anilines is 1. The van der Waals surface area contributed by atoms with Crippen molar-refractivity contribution in [3.8, 4) is 0 Å². The SMILES string of the molecule is Cc1ccccc1/C=N\Nc1ncnc2sc3c(c12)CCC3. The van der Waals surface area contributed by atoms with Gasteiger partial charge in [-0.05, 0) is 42.9 Å². The first-order chi connectivity index (χ1) is 10.8. The average Bonchev–Trinajstić information content (AvgIpc) is 3.10. The second-order valence-corrected chi connectivity index (χ2v) is 6.57. The van der Waals surface area contributed by atoms with Crippen LogP contribution in [0.4, 0.5) is 5.82 Å². The van der Waals surface area contributed by atoms with Crippen LogP contribution in [0.25, 0.3) is 10.2 Å². The first kappa shape index (κ1) is 13.4. The number of hydrogen-bond donors (Lipinski definition) is 1. The number of nitrogens with one attached hydrogen (secondary N) is 1. The van der Waals surface area contributed by atoms with Gasteiger partial charge in [-0.1, -0.05) is 24.3 Å². The van der Waals surface area contributed by atoms with Crippen LogP contribution in [-0.2, 0) is 12.8 Å². The Balaban J connectivity index is 1.66. The molecule has 1 N–H and O–H groups in total. The van der Waals surface area contributed by atoms with Crippen molar-refractivity contribution in [1.29, 1.82) is 0 Å². The third-order valence-electron chi connectivity index (χ3n) is 4.06. The zero-order valence-corrected chi connectivity index (χ0v) is 13.2. The zero-order chi connectivity index (χ0) is 14.9. The minimum atomic E-state index is 0.814. The van der Waals surface area contributed by atoms with Crippen molar-refractivity contribution in [2.75, 3.05) is 5.43 Å². The summed E-state index contributed by atoms with van der Waals surface area (Å²) in [5.74, 6) is 0.814. The second-order valence-electron chi connectivity index (χ2n) is 5.49. The van der Waals surface area contributed by atoms with Crippen molar-refractivity contribution in [2.24, 2.45) is 5.10 Å². The molecule has 0 atom stereocenters. The lowest BCUT2D eigenvalue weighted by molar-refractivity contribution is 0.917. The van der Waals surface area contributed by atoms with Gasteiger partial charge in [-0.3, -0.25) is 5.43 Å². The Kier molecular flexibility index (Phi) is 3.35. The van der Waals surface area contributed by atoms with E-state index >= 15 is 0 Å². The van der Waals surface area contributed by atoms with E-state index in [9.17, 15) is 0 Å². The van der Waals surface area contributed by atoms with Crippen molar-refractivity contribution >= 4 is 33.6 Å². The van der Waals surface area contributed by atoms with Gasteiger partial charge >= 0.3 is 0 Å². The summed E-state index contributed by atoms with van der Waals surface area (Å²) >= 11 is 1.79. The first-order valence-electron chi connectivity index (χ1n) is 7.43. The lowest BCUT2D eigenvalue weighted by atomic mass is 10.1. The molecule has 1 aliphatic carbocycles. The van der Waals surface area contributed by atoms with Gasteiger partial charge in [0.05, 0.1) is 11.6 Å². The number of thiophene rings is 1. The van der Waals surface area contributed by atoms with Gasteiger partial charge in [-0.25, -0.2) is 9.97 Å². The van der Waals surface area contributed by atoms with Crippen LogP contribution in [0, 0.1) is 6.92 Å². The molecule has 5 heteroatoms. The topological polar surface area (TPSA) is 50.2 Å². The van der Waals surface area contributed by atoms with E-state index < -0.39 is 0 Å². The summed E-state index contributed by atoms with van der Waals surface area (Å²) in [6, 6.07) is 8.18. The molecular formula is C17H16N4S. The number of aromatic nitrogens is 2. The van der Waals surface area contributed by atoms with Crippen molar-refractivity contribution in [3.05, 3.63) is 52.2 Å². The summed E-state index contributed by atoms with van der Waals surface area (Å²) in [7, 11) is 0. The molecule has 0 radical (unpaired) electrons. The van der Waals surface area contributed by atoms with Crippen molar-refractivity contribution in [3.63, 3.8) is 0 Å². The molecule has 2 aromatic heterocycles. The molecule has 0 fully saturated rings. The molecule has 2 heterocycles. The van der Waals surface area contributed by atoms with Crippen LogP contribution in [-0.4, -0.2) is 16.2 Å². The van der Waals surface area contributed by atoms with Gasteiger partial charge in [-0.15, -0.1) is 11.3 Å². The molecule has 1 aliphatic rings. The molecule has 0 amide bonds. The third-order valence-corrected chi connectivity index (χ3v) is 5.26. The highest BCUT2D eigenvalue weighted by molar-refractivity contribution is 7.19. The minimum Gasteiger partial charge on any atom is -0.261 e. The molecule has 0 aliphatic heterocycles. The lowest BCUT2D eigenvalue weighted by Crippen LogP contribution is -1.96. The van der Waals surface area contributed by atoms with Crippen molar-refractivity contribution in [2.45, 2.75) is 26.2 Å². The summed E-state index contributed by atoms with van der Waals surface area (Å²) in [6.45, 7) is 2.08. The predicted octanol–water partition coefficient (Wildman–Crippen LogP) is 3.93. The number of nitrogens with zero attached hydrogens (tertiary/aromatic N) is 3. The largest absolute Gasteiger partial charge is 0.261 e. The molecule has 22 heavy (non-hydrogen) atoms. The summed E-state index contributed by atoms with van der Waals surface area (Å²) in [6.07, 6.45) is 6.98. The number of rotatable bonds is 3. The Morgan fingerprint density at radius 2 is 2.14 bits per heavy atom. The molecule has 0 saturated heterocycles. The van der Waals surface area contributed by atoms with Crippen LogP contribution in [0.3, 0.4) is 0 Å². The normalized spacial score (nSPS) is 13.9. The maximum Gasteiger partial charge on any atom is 0.158 e. The molecule has 0 spiro atoms. The van der Waals surface area contributed by atoms with E-state index in [4.69, 9.17) is 0 Å². The van der Waals surface area contributed by atoms with Gasteiger partial charge < -0.3 is 0 Å². The van der Waals surface area contributed by atoms with E-state index in [-0.39, 0.29) is 0 Å². The molecule has 1 aromatic carbocycles. The third kappa shape index (κ3) is 2.27. The van der Waals surface area contributed by atoms with E-state index in [2.05, 4.69) is 39.6 Å². The maximum atomic E-state index is 4.40. The lowest BCUT2D eigenvalue weighted by Gasteiger charge is -2.03. The average molecular weight is 308 g/mol. The van der Waals surface area contributed by atoms with E-state index in [1.807, 2.05) is 18.3 Å². The molecule has 0 bridgehead atoms. The van der Waals surface area contributed by atoms with Gasteiger partial charge in [0.1, 0.15) is 11.2 Å². The highest BCUT2D eigenvalue weighted by atomic mass is 32.1. The highest BCUT2D eigenvalue weighted by Gasteiger charge is 2.20. The monoisotopic (exact) mass is 308 g/mol. The number of fused-ring (bicyclic) bond motifs is 3. The number of aryl methyl sites for hydroxylation is 3. The molecule has 4 rings (SSSR count). The van der Waals surface area contributed by atoms with E-state index in [1.54, 1.807) is 17.7 Å². The molecule has 4 nitrogen and oxygen atoms in total. The fourth-order valence-electron chi connectivity index (χ4n) is 2.91. The fourth-order valence-corrected chi connectivity index (χ4v) is 4.14. The van der Waals surface area contributed by atoms with Crippen LogP contribution in [0.15, 0.2) is 35.7 Å². The van der Waals surface area contributed by atoms with E-state index in [1.165, 1.54) is 28.8 Å². The Morgan fingerprint density at radius 1 is 1.23 bits per heavy atom. The Bertz CT molecular complexity index is 866. The molecule has 0 saturated carbocycles. The molecular weight excluding hydrogens is 292 g/mol. The first-order valence-corrected chi connectivity index (χ1v) is 8.24. The number of benzene rings is 1. The van der Waals surface area contributed by atoms with Gasteiger partial charge in [0.15, 0.2) is 5.82 Å². The molecule has 0 unspecified atom stereocenters. The maximum absolute atomic E-state index is 4.40. The van der Waals surface area contributed by atoms with Crippen molar-refractivity contribution < 1.29 is 0 Å². The quantitative estimate of drug-likeness (QED) is 0.589. The van der Waals surface area contributed by atoms with E-state index in [0.717, 1.165) is 28.0 Å². The minimum absolute atomic E-state index is 0.814. The van der Waals surface area contributed by atoms with Crippen LogP contribution in [0.5, 0.6) is 0 Å². The zero-order valence-electron chi connectivity index (χ0n) is 12.3. The Hall–Kier alpha value is -2.27. The van der Waals surface area contributed by atoms with E-state index in [0.29, 0.717) is 0 Å². The molecule has 3 aromatic rings. The van der Waals surface area contributed by atoms with Crippen LogP contribution >= 0.6 is 11.3 Å². The van der Waals surface area contributed by atoms with Gasteiger partial charge in [0.2, 0.25) is 0 Å². The number of hydrogen-bond acceptors (Lipinski definition) is 5. The van der Waals surface area contributed by atoms with Crippen molar-refractivity contribution in [1.82, 2.24) is 9.97 Å². The van der Waals surface area contributed by atoms with Crippen LogP contribution in [0.2, 0.25) is 0 Å². The van der Waals surface area contributed by atoms with Gasteiger partial charge in [-0.2, -0.15) is 5.10 Å². The standard InChI is InChI=1S/C17H16N4S/c1-11-5-2-3-6-12(11)9-20-21-16-15-13-7-4-8-14(13)22-17(15)19-10-18-16/h2-3,5-6,9-10H,4,7-8H2,1H3,(H,18,19,21)/b20-9-. The number of hydrazone groups is 1. The summed E-state index contributed by atoms with van der Waals surface area (Å²) in [4.78, 5) is 11.3. The smallest absolute Gasteiger partial charge is 0.158 e.